The lowest BCUT2D eigenvalue weighted by atomic mass is 10.1. The fourth-order valence-electron chi connectivity index (χ4n) is 3.95. The molecule has 2 heterocycles. The number of hydrogen-bond donors (Lipinski definition) is 1. The molecule has 0 aromatic heterocycles. The van der Waals surface area contributed by atoms with Crippen molar-refractivity contribution >= 4 is 46.2 Å². The molecule has 156 valence electrons. The maximum atomic E-state index is 12.7. The summed E-state index contributed by atoms with van der Waals surface area (Å²) in [5, 5.41) is 14.6. The van der Waals surface area contributed by atoms with Crippen LogP contribution in [0.3, 0.4) is 0 Å². The van der Waals surface area contributed by atoms with E-state index in [1.807, 2.05) is 4.90 Å². The Labute approximate surface area is 178 Å². The second-order valence-corrected chi connectivity index (χ2v) is 7.83. The molecule has 2 fully saturated rings. The van der Waals surface area contributed by atoms with E-state index in [1.165, 1.54) is 6.07 Å². The van der Waals surface area contributed by atoms with Crippen LogP contribution in [0.25, 0.3) is 0 Å². The molecule has 8 nitrogen and oxygen atoms in total. The number of nitrogens with one attached hydrogen (secondary N) is 1. The maximum absolute atomic E-state index is 12.7. The number of nitro groups is 1. The number of amides is 2. The second-order valence-electron chi connectivity index (χ2n) is 7.42. The Morgan fingerprint density at radius 1 is 1.03 bits per heavy atom. The van der Waals surface area contributed by atoms with Gasteiger partial charge in [0.1, 0.15) is 5.69 Å². The topological polar surface area (TPSA) is 95.8 Å². The Balaban J connectivity index is 1.53. The fourth-order valence-corrected chi connectivity index (χ4v) is 4.23. The van der Waals surface area contributed by atoms with Crippen molar-refractivity contribution < 1.29 is 14.5 Å². The summed E-state index contributed by atoms with van der Waals surface area (Å²) in [6, 6.07) is 9.47. The molecule has 0 spiro atoms. The first kappa shape index (κ1) is 20.2. The van der Waals surface area contributed by atoms with Crippen molar-refractivity contribution in [3.63, 3.8) is 0 Å². The van der Waals surface area contributed by atoms with Gasteiger partial charge in [0.25, 0.3) is 11.6 Å². The third-order valence-electron chi connectivity index (χ3n) is 5.45. The van der Waals surface area contributed by atoms with Crippen molar-refractivity contribution in [1.82, 2.24) is 0 Å². The van der Waals surface area contributed by atoms with E-state index < -0.39 is 10.8 Å². The average Bonchev–Trinajstić information content (AvgIpc) is 3.40. The maximum Gasteiger partial charge on any atom is 0.293 e. The highest BCUT2D eigenvalue weighted by Gasteiger charge is 2.25. The van der Waals surface area contributed by atoms with Crippen LogP contribution < -0.4 is 15.1 Å². The normalized spacial score (nSPS) is 16.2. The monoisotopic (exact) mass is 428 g/mol. The summed E-state index contributed by atoms with van der Waals surface area (Å²) in [5.41, 5.74) is 1.72. The summed E-state index contributed by atoms with van der Waals surface area (Å²) < 4.78 is 0. The third-order valence-corrected chi connectivity index (χ3v) is 5.75. The molecule has 1 N–H and O–H groups in total. The highest BCUT2D eigenvalue weighted by molar-refractivity contribution is 6.34. The number of halogens is 1. The first-order chi connectivity index (χ1) is 14.4. The Bertz CT molecular complexity index is 1020. The number of benzene rings is 2. The predicted octanol–water partition coefficient (Wildman–Crippen LogP) is 4.23. The van der Waals surface area contributed by atoms with E-state index in [0.717, 1.165) is 32.4 Å². The number of nitro benzene ring substituents is 1. The van der Waals surface area contributed by atoms with Crippen molar-refractivity contribution in [2.24, 2.45) is 0 Å². The van der Waals surface area contributed by atoms with Crippen LogP contribution in [-0.4, -0.2) is 36.4 Å². The number of nitrogens with zero attached hydrogens (tertiary/aromatic N) is 3. The largest absolute Gasteiger partial charge is 0.366 e. The van der Waals surface area contributed by atoms with Gasteiger partial charge in [-0.25, -0.2) is 0 Å². The standard InChI is InChI=1S/C21H21ClN4O4/c22-16-13-15(6-8-17(16)25-11-3-4-20(25)27)23-21(28)14-5-7-18(19(12-14)26(29)30)24-9-1-2-10-24/h5-8,12-13H,1-4,9-11H2,(H,23,28). The SMILES string of the molecule is O=C(Nc1ccc(N2CCCC2=O)c(Cl)c1)c1ccc(N2CCCC2)c([N+](=O)[O-])c1. The zero-order chi connectivity index (χ0) is 21.3. The van der Waals surface area contributed by atoms with Crippen LogP contribution in [0.2, 0.25) is 5.02 Å². The molecule has 0 radical (unpaired) electrons. The zero-order valence-electron chi connectivity index (χ0n) is 16.3. The molecule has 0 bridgehead atoms. The fraction of sp³-hybridized carbons (Fsp3) is 0.333. The first-order valence-corrected chi connectivity index (χ1v) is 10.3. The van der Waals surface area contributed by atoms with Crippen LogP contribution >= 0.6 is 11.6 Å². The van der Waals surface area contributed by atoms with Gasteiger partial charge in [-0.2, -0.15) is 0 Å². The van der Waals surface area contributed by atoms with Gasteiger partial charge in [-0.05, 0) is 49.6 Å². The summed E-state index contributed by atoms with van der Waals surface area (Å²) in [4.78, 5) is 39.3. The van der Waals surface area contributed by atoms with Crippen molar-refractivity contribution in [1.29, 1.82) is 0 Å². The summed E-state index contributed by atoms with van der Waals surface area (Å²) in [7, 11) is 0. The molecular formula is C21H21ClN4O4. The Kier molecular flexibility index (Phi) is 5.59. The molecule has 0 saturated carbocycles. The van der Waals surface area contributed by atoms with Crippen molar-refractivity contribution in [2.75, 3.05) is 34.8 Å². The molecule has 2 amide bonds. The molecule has 0 unspecified atom stereocenters. The van der Waals surface area contributed by atoms with Gasteiger partial charge in [-0.1, -0.05) is 11.6 Å². The van der Waals surface area contributed by atoms with E-state index in [1.54, 1.807) is 35.2 Å². The Morgan fingerprint density at radius 2 is 1.77 bits per heavy atom. The lowest BCUT2D eigenvalue weighted by molar-refractivity contribution is -0.384. The molecule has 2 saturated heterocycles. The van der Waals surface area contributed by atoms with Gasteiger partial charge in [0, 0.05) is 43.4 Å². The van der Waals surface area contributed by atoms with Gasteiger partial charge >= 0.3 is 0 Å². The number of anilines is 3. The molecular weight excluding hydrogens is 408 g/mol. The smallest absolute Gasteiger partial charge is 0.293 e. The molecule has 2 aliphatic rings. The molecule has 0 atom stereocenters. The lowest BCUT2D eigenvalue weighted by Crippen LogP contribution is -2.24. The van der Waals surface area contributed by atoms with E-state index in [4.69, 9.17) is 11.6 Å². The molecule has 9 heteroatoms. The van der Waals surface area contributed by atoms with Crippen LogP contribution in [0.1, 0.15) is 36.0 Å². The molecule has 30 heavy (non-hydrogen) atoms. The van der Waals surface area contributed by atoms with E-state index in [-0.39, 0.29) is 17.2 Å². The summed E-state index contributed by atoms with van der Waals surface area (Å²) in [6.07, 6.45) is 3.29. The van der Waals surface area contributed by atoms with Crippen molar-refractivity contribution in [3.05, 3.63) is 57.1 Å². The van der Waals surface area contributed by atoms with Gasteiger partial charge in [-0.15, -0.1) is 0 Å². The summed E-state index contributed by atoms with van der Waals surface area (Å²) in [5.74, 6) is -0.439. The number of carbonyl (C=O) groups excluding carboxylic acids is 2. The van der Waals surface area contributed by atoms with Crippen LogP contribution in [0, 0.1) is 10.1 Å². The minimum atomic E-state index is -0.466. The Hall–Kier alpha value is -3.13. The average molecular weight is 429 g/mol. The van der Waals surface area contributed by atoms with E-state index in [2.05, 4.69) is 5.32 Å². The van der Waals surface area contributed by atoms with Crippen molar-refractivity contribution in [3.8, 4) is 0 Å². The minimum Gasteiger partial charge on any atom is -0.366 e. The lowest BCUT2D eigenvalue weighted by Gasteiger charge is -2.18. The van der Waals surface area contributed by atoms with Crippen LogP contribution in [0.5, 0.6) is 0 Å². The first-order valence-electron chi connectivity index (χ1n) is 9.89. The highest BCUT2D eigenvalue weighted by Crippen LogP contribution is 2.33. The van der Waals surface area contributed by atoms with Crippen LogP contribution in [-0.2, 0) is 4.79 Å². The molecule has 2 aromatic carbocycles. The third kappa shape index (κ3) is 3.95. The highest BCUT2D eigenvalue weighted by atomic mass is 35.5. The van der Waals surface area contributed by atoms with Gasteiger partial charge in [0.05, 0.1) is 15.6 Å². The quantitative estimate of drug-likeness (QED) is 0.568. The van der Waals surface area contributed by atoms with E-state index in [9.17, 15) is 19.7 Å². The minimum absolute atomic E-state index is 0.0269. The number of hydrogen-bond acceptors (Lipinski definition) is 5. The molecule has 4 rings (SSSR count). The van der Waals surface area contributed by atoms with Crippen molar-refractivity contribution in [2.45, 2.75) is 25.7 Å². The predicted molar refractivity (Wildman–Crippen MR) is 116 cm³/mol. The van der Waals surface area contributed by atoms with Crippen LogP contribution in [0.15, 0.2) is 36.4 Å². The number of rotatable bonds is 5. The van der Waals surface area contributed by atoms with Crippen LogP contribution in [0.4, 0.5) is 22.7 Å². The van der Waals surface area contributed by atoms with Gasteiger partial charge in [0.15, 0.2) is 0 Å². The Morgan fingerprint density at radius 3 is 2.40 bits per heavy atom. The summed E-state index contributed by atoms with van der Waals surface area (Å²) in [6.45, 7) is 2.17. The van der Waals surface area contributed by atoms with Gasteiger partial charge in [0.2, 0.25) is 5.91 Å². The second kappa shape index (κ2) is 8.31. The van der Waals surface area contributed by atoms with Gasteiger partial charge in [-0.3, -0.25) is 19.7 Å². The summed E-state index contributed by atoms with van der Waals surface area (Å²) >= 11 is 6.32. The molecule has 2 aromatic rings. The van der Waals surface area contributed by atoms with E-state index >= 15 is 0 Å². The van der Waals surface area contributed by atoms with E-state index in [0.29, 0.717) is 35.1 Å². The molecule has 2 aliphatic heterocycles. The molecule has 0 aliphatic carbocycles. The number of carbonyl (C=O) groups is 2. The van der Waals surface area contributed by atoms with Gasteiger partial charge < -0.3 is 15.1 Å². The zero-order valence-corrected chi connectivity index (χ0v) is 17.0.